The Balaban J connectivity index is 1.66. The third kappa shape index (κ3) is 3.69. The summed E-state index contributed by atoms with van der Waals surface area (Å²) in [6.45, 7) is 0. The van der Waals surface area contributed by atoms with Gasteiger partial charge in [0.05, 0.1) is 26.0 Å². The van der Waals surface area contributed by atoms with Crippen molar-refractivity contribution in [3.05, 3.63) is 157 Å². The zero-order chi connectivity index (χ0) is 43.0. The van der Waals surface area contributed by atoms with E-state index in [1.54, 1.807) is 24.3 Å². The minimum atomic E-state index is -0.855. The van der Waals surface area contributed by atoms with Gasteiger partial charge in [-0.05, 0) is 88.6 Å². The molecule has 0 spiro atoms. The molecular weight excluding hydrogens is 480 g/mol. The van der Waals surface area contributed by atoms with Crippen LogP contribution in [0.5, 0.6) is 0 Å². The van der Waals surface area contributed by atoms with Gasteiger partial charge in [0.2, 0.25) is 0 Å². The molecule has 0 aliphatic heterocycles. The summed E-state index contributed by atoms with van der Waals surface area (Å²) < 4.78 is 170. The highest BCUT2D eigenvalue weighted by atomic mass is 14.2. The van der Waals surface area contributed by atoms with Gasteiger partial charge in [-0.1, -0.05) is 145 Å². The van der Waals surface area contributed by atoms with Gasteiger partial charge in [-0.3, -0.25) is 0 Å². The summed E-state index contributed by atoms with van der Waals surface area (Å²) in [5.41, 5.74) is -2.05. The monoisotopic (exact) mass is 525 g/mol. The molecule has 0 amide bonds. The van der Waals surface area contributed by atoms with Crippen LogP contribution in [0.25, 0.3) is 76.5 Å². The van der Waals surface area contributed by atoms with Gasteiger partial charge in [0.1, 0.15) is 0 Å². The molecule has 0 heteroatoms. The van der Waals surface area contributed by atoms with Crippen molar-refractivity contribution in [1.82, 2.24) is 0 Å². The highest BCUT2D eigenvalue weighted by Gasteiger charge is 2.16. The molecule has 0 atom stereocenters. The molecule has 186 valence electrons. The van der Waals surface area contributed by atoms with Crippen molar-refractivity contribution in [2.75, 3.05) is 0 Å². The second kappa shape index (κ2) is 9.22. The topological polar surface area (TPSA) is 0 Å². The fraction of sp³-hybridized carbons (Fsp3) is 0. The number of hydrogen-bond donors (Lipinski definition) is 0. The Morgan fingerprint density at radius 3 is 1.55 bits per heavy atom. The van der Waals surface area contributed by atoms with E-state index in [9.17, 15) is 13.7 Å². The van der Waals surface area contributed by atoms with Crippen LogP contribution in [0.1, 0.15) is 26.0 Å². The highest BCUT2D eigenvalue weighted by Crippen LogP contribution is 2.44. The van der Waals surface area contributed by atoms with Crippen molar-refractivity contribution in [3.8, 4) is 33.4 Å². The van der Waals surface area contributed by atoms with Crippen LogP contribution in [0.15, 0.2) is 157 Å². The van der Waals surface area contributed by atoms with Crippen molar-refractivity contribution in [2.45, 2.75) is 0 Å². The molecule has 8 aromatic carbocycles. The van der Waals surface area contributed by atoms with Gasteiger partial charge in [0.25, 0.3) is 0 Å². The van der Waals surface area contributed by atoms with E-state index >= 15 is 0 Å². The maximum absolute atomic E-state index is 9.37. The van der Waals surface area contributed by atoms with Gasteiger partial charge < -0.3 is 0 Å². The minimum Gasteiger partial charge on any atom is -0.0616 e. The van der Waals surface area contributed by atoms with Crippen LogP contribution < -0.4 is 0 Å². The molecule has 8 aromatic rings. The first-order valence-electron chi connectivity index (χ1n) is 21.8. The van der Waals surface area contributed by atoms with Crippen LogP contribution >= 0.6 is 0 Å². The van der Waals surface area contributed by atoms with Gasteiger partial charge >= 0.3 is 0 Å². The molecule has 0 bridgehead atoms. The maximum Gasteiger partial charge on any atom is 0.0636 e. The van der Waals surface area contributed by atoms with Crippen molar-refractivity contribution in [1.29, 1.82) is 0 Å². The van der Waals surface area contributed by atoms with E-state index in [-0.39, 0.29) is 5.56 Å². The molecular formula is C40H26. The summed E-state index contributed by atoms with van der Waals surface area (Å²) in [7, 11) is 0. The van der Waals surface area contributed by atoms with Gasteiger partial charge in [0, 0.05) is 0 Å². The van der Waals surface area contributed by atoms with Gasteiger partial charge in [-0.2, -0.15) is 0 Å². The molecule has 8 rings (SSSR count). The normalized spacial score (nSPS) is 18.1. The third-order valence-electron chi connectivity index (χ3n) is 6.79. The van der Waals surface area contributed by atoms with E-state index in [4.69, 9.17) is 12.3 Å². The first kappa shape index (κ1) is 10.8. The molecule has 0 saturated heterocycles. The van der Waals surface area contributed by atoms with Gasteiger partial charge in [0.15, 0.2) is 0 Å². The molecule has 0 radical (unpaired) electrons. The molecule has 0 aliphatic rings. The van der Waals surface area contributed by atoms with E-state index < -0.39 is 169 Å². The second-order valence-corrected chi connectivity index (χ2v) is 9.06. The largest absolute Gasteiger partial charge is 0.0636 e. The molecule has 0 unspecified atom stereocenters. The number of benzene rings is 8. The van der Waals surface area contributed by atoms with Crippen LogP contribution in [-0.2, 0) is 0 Å². The fourth-order valence-corrected chi connectivity index (χ4v) is 4.96. The molecule has 0 fully saturated rings. The lowest BCUT2D eigenvalue weighted by Crippen LogP contribution is -1.91. The molecule has 0 aliphatic carbocycles. The van der Waals surface area contributed by atoms with E-state index in [0.717, 1.165) is 10.8 Å². The van der Waals surface area contributed by atoms with Crippen molar-refractivity contribution < 1.29 is 26.0 Å². The molecule has 40 heavy (non-hydrogen) atoms. The predicted octanol–water partition coefficient (Wildman–Crippen LogP) is 11.3. The second-order valence-electron chi connectivity index (χ2n) is 9.06. The van der Waals surface area contributed by atoms with Crippen LogP contribution in [0, 0.1) is 0 Å². The van der Waals surface area contributed by atoms with Crippen molar-refractivity contribution in [3.63, 3.8) is 0 Å². The molecule has 0 heterocycles. The Bertz CT molecular complexity index is 3150. The number of fused-ring (bicyclic) bond motifs is 4. The van der Waals surface area contributed by atoms with Crippen LogP contribution in [0.2, 0.25) is 0 Å². The number of rotatable bonds is 3. The lowest BCUT2D eigenvalue weighted by Gasteiger charge is -2.18. The summed E-state index contributed by atoms with van der Waals surface area (Å²) >= 11 is 0. The average molecular weight is 526 g/mol. The molecule has 0 aromatic heterocycles. The SMILES string of the molecule is [2H]c1c([2H])c(-c2c3c([2H])c([2H])c([2H])c([2H])c3c(-c3c([2H])c([2H])c4c([2H])c([2H])c([2H])c([2H])c4c3[2H])c3c([2H])c([2H])c([2H])c([2H])c23)c([2H])c([2H])c1-c1ccc2ccccc2c1. The van der Waals surface area contributed by atoms with Gasteiger partial charge in [-0.25, -0.2) is 0 Å². The lowest BCUT2D eigenvalue weighted by molar-refractivity contribution is 1.63. The Labute approximate surface area is 260 Å². The highest BCUT2D eigenvalue weighted by molar-refractivity contribution is 6.21. The molecule has 0 saturated carbocycles. The lowest BCUT2D eigenvalue weighted by atomic mass is 9.85. The van der Waals surface area contributed by atoms with Crippen molar-refractivity contribution in [2.24, 2.45) is 0 Å². The molecule has 0 nitrogen and oxygen atoms in total. The first-order chi connectivity index (χ1) is 27.8. The third-order valence-corrected chi connectivity index (χ3v) is 6.79. The summed E-state index contributed by atoms with van der Waals surface area (Å²) in [6.07, 6.45) is 0. The Morgan fingerprint density at radius 2 is 0.875 bits per heavy atom. The van der Waals surface area contributed by atoms with E-state index in [0.29, 0.717) is 5.56 Å². The minimum absolute atomic E-state index is 0.107. The van der Waals surface area contributed by atoms with E-state index in [1.165, 1.54) is 0 Å². The standard InChI is InChI=1S/C40H26/c1-3-11-31-25-33(23-19-27(31)9-1)29-17-21-30(22-18-29)39-35-13-5-7-15-37(35)40(38-16-8-6-14-36(38)39)34-24-20-28-10-2-4-12-32(28)26-34/h1-26H/i2D,4D,5D,6D,7D,8D,10D,12D,13D,14D,15D,16D,17D,18D,20D,21D,22D,24D,26D. The number of hydrogen-bond acceptors (Lipinski definition) is 0. The fourth-order valence-electron chi connectivity index (χ4n) is 4.96. The average Bonchev–Trinajstić information content (AvgIpc) is 3.22. The van der Waals surface area contributed by atoms with Crippen LogP contribution in [0.3, 0.4) is 0 Å². The Hall–Kier alpha value is -5.20. The maximum atomic E-state index is 9.37. The van der Waals surface area contributed by atoms with Crippen molar-refractivity contribution >= 4 is 43.1 Å². The van der Waals surface area contributed by atoms with E-state index in [1.807, 2.05) is 18.2 Å². The Kier molecular flexibility index (Phi) is 2.48. The molecule has 0 N–H and O–H groups in total. The summed E-state index contributed by atoms with van der Waals surface area (Å²) in [5, 5.41) is -1.61. The Morgan fingerprint density at radius 1 is 0.350 bits per heavy atom. The van der Waals surface area contributed by atoms with Gasteiger partial charge in [-0.15, -0.1) is 0 Å². The van der Waals surface area contributed by atoms with Crippen LogP contribution in [-0.4, -0.2) is 0 Å². The summed E-state index contributed by atoms with van der Waals surface area (Å²) in [6, 6.07) is -2.35. The smallest absolute Gasteiger partial charge is 0.0616 e. The van der Waals surface area contributed by atoms with E-state index in [2.05, 4.69) is 0 Å². The van der Waals surface area contributed by atoms with Crippen LogP contribution in [0.4, 0.5) is 0 Å². The summed E-state index contributed by atoms with van der Waals surface area (Å²) in [4.78, 5) is 0. The zero-order valence-corrected chi connectivity index (χ0v) is 20.5. The zero-order valence-electron chi connectivity index (χ0n) is 39.5. The quantitative estimate of drug-likeness (QED) is 0.201. The predicted molar refractivity (Wildman–Crippen MR) is 173 cm³/mol. The summed E-state index contributed by atoms with van der Waals surface area (Å²) in [5.74, 6) is 0. The first-order valence-corrected chi connectivity index (χ1v) is 12.3.